The predicted molar refractivity (Wildman–Crippen MR) is 94.4 cm³/mol. The van der Waals surface area contributed by atoms with Crippen molar-refractivity contribution in [1.29, 1.82) is 0 Å². The number of hydrogen-bond acceptors (Lipinski definition) is 5. The maximum absolute atomic E-state index is 5.70. The molecule has 2 aromatic heterocycles. The number of benzene rings is 1. The van der Waals surface area contributed by atoms with Crippen molar-refractivity contribution in [2.75, 3.05) is 5.73 Å². The van der Waals surface area contributed by atoms with Crippen LogP contribution in [0.15, 0.2) is 47.1 Å². The summed E-state index contributed by atoms with van der Waals surface area (Å²) in [5.74, 6) is 2.25. The highest BCUT2D eigenvalue weighted by Gasteiger charge is 2.17. The average Bonchev–Trinajstić information content (AvgIpc) is 3.04. The summed E-state index contributed by atoms with van der Waals surface area (Å²) in [4.78, 5) is 8.48. The first-order valence-corrected chi connectivity index (χ1v) is 8.17. The molecule has 0 aliphatic rings. The molecule has 1 unspecified atom stereocenters. The van der Waals surface area contributed by atoms with Gasteiger partial charge in [0.15, 0.2) is 0 Å². The summed E-state index contributed by atoms with van der Waals surface area (Å²) in [7, 11) is 0. The summed E-state index contributed by atoms with van der Waals surface area (Å²) in [6.07, 6.45) is 2.72. The number of rotatable bonds is 5. The lowest BCUT2D eigenvalue weighted by Gasteiger charge is -2.09. The van der Waals surface area contributed by atoms with Gasteiger partial charge in [-0.25, -0.2) is 4.98 Å². The van der Waals surface area contributed by atoms with E-state index in [0.717, 1.165) is 17.5 Å². The van der Waals surface area contributed by atoms with E-state index in [1.165, 1.54) is 5.56 Å². The largest absolute Gasteiger partial charge is 0.384 e. The molecular formula is C19H22N4O. The normalized spacial score (nSPS) is 12.5. The highest BCUT2D eigenvalue weighted by atomic mass is 16.5. The molecule has 0 saturated carbocycles. The molecule has 0 saturated heterocycles. The lowest BCUT2D eigenvalue weighted by molar-refractivity contribution is 0.371. The zero-order valence-electron chi connectivity index (χ0n) is 14.2. The quantitative estimate of drug-likeness (QED) is 0.766. The van der Waals surface area contributed by atoms with Crippen molar-refractivity contribution >= 4 is 5.82 Å². The molecule has 124 valence electrons. The van der Waals surface area contributed by atoms with Crippen LogP contribution in [-0.4, -0.2) is 15.1 Å². The molecule has 0 spiro atoms. The van der Waals surface area contributed by atoms with Crippen LogP contribution in [0.2, 0.25) is 0 Å². The van der Waals surface area contributed by atoms with Crippen molar-refractivity contribution in [3.05, 3.63) is 59.6 Å². The van der Waals surface area contributed by atoms with Crippen molar-refractivity contribution in [3.63, 3.8) is 0 Å². The summed E-state index contributed by atoms with van der Waals surface area (Å²) in [6.45, 7) is 6.51. The molecule has 0 fully saturated rings. The van der Waals surface area contributed by atoms with Crippen LogP contribution in [0.4, 0.5) is 5.82 Å². The van der Waals surface area contributed by atoms with Gasteiger partial charge in [0.2, 0.25) is 11.7 Å². The molecule has 1 atom stereocenters. The smallest absolute Gasteiger partial charge is 0.234 e. The summed E-state index contributed by atoms with van der Waals surface area (Å²) < 4.78 is 5.45. The van der Waals surface area contributed by atoms with Gasteiger partial charge in [0.05, 0.1) is 5.92 Å². The first-order chi connectivity index (χ1) is 11.5. The van der Waals surface area contributed by atoms with Gasteiger partial charge < -0.3 is 10.3 Å². The van der Waals surface area contributed by atoms with Gasteiger partial charge in [-0.2, -0.15) is 4.98 Å². The van der Waals surface area contributed by atoms with Crippen molar-refractivity contribution < 1.29 is 4.52 Å². The van der Waals surface area contributed by atoms with E-state index >= 15 is 0 Å². The van der Waals surface area contributed by atoms with Crippen LogP contribution in [0.5, 0.6) is 0 Å². The summed E-state index contributed by atoms with van der Waals surface area (Å²) in [6, 6.07) is 12.2. The molecule has 24 heavy (non-hydrogen) atoms. The third-order valence-corrected chi connectivity index (χ3v) is 3.98. The Balaban J connectivity index is 1.79. The second-order valence-corrected chi connectivity index (χ2v) is 6.49. The lowest BCUT2D eigenvalue weighted by Crippen LogP contribution is -1.98. The molecule has 0 amide bonds. The molecule has 2 heterocycles. The van der Waals surface area contributed by atoms with Gasteiger partial charge in [0, 0.05) is 11.8 Å². The molecule has 0 radical (unpaired) electrons. The Morgan fingerprint density at radius 3 is 2.50 bits per heavy atom. The Labute approximate surface area is 141 Å². The number of aromatic nitrogens is 3. The summed E-state index contributed by atoms with van der Waals surface area (Å²) in [5, 5.41) is 4.06. The molecule has 0 aliphatic heterocycles. The Morgan fingerprint density at radius 1 is 1.08 bits per heavy atom. The molecule has 3 rings (SSSR count). The number of nitrogens with two attached hydrogens (primary N) is 1. The fraction of sp³-hybridized carbons (Fsp3) is 0.316. The van der Waals surface area contributed by atoms with Crippen LogP contribution < -0.4 is 5.73 Å². The van der Waals surface area contributed by atoms with Crippen LogP contribution in [0, 0.1) is 5.92 Å². The van der Waals surface area contributed by atoms with Gasteiger partial charge in [0.25, 0.3) is 0 Å². The highest BCUT2D eigenvalue weighted by Crippen LogP contribution is 2.26. The Kier molecular flexibility index (Phi) is 4.60. The maximum atomic E-state index is 5.70. The van der Waals surface area contributed by atoms with Crippen LogP contribution in [0.25, 0.3) is 11.4 Å². The minimum absolute atomic E-state index is 0.0403. The second kappa shape index (κ2) is 6.83. The lowest BCUT2D eigenvalue weighted by atomic mass is 9.97. The Hall–Kier alpha value is -2.69. The molecule has 5 heteroatoms. The van der Waals surface area contributed by atoms with Gasteiger partial charge in [-0.05, 0) is 42.5 Å². The fourth-order valence-corrected chi connectivity index (χ4v) is 2.67. The number of anilines is 1. The average molecular weight is 322 g/mol. The SMILES string of the molecule is CC(C)Cc1ccc(C(C)c2nc(-c3ccnc(N)c3)no2)cc1. The van der Waals surface area contributed by atoms with E-state index < -0.39 is 0 Å². The van der Waals surface area contributed by atoms with E-state index in [1.54, 1.807) is 12.3 Å². The molecular weight excluding hydrogens is 300 g/mol. The maximum Gasteiger partial charge on any atom is 0.234 e. The third kappa shape index (κ3) is 3.62. The zero-order chi connectivity index (χ0) is 17.1. The van der Waals surface area contributed by atoms with E-state index in [9.17, 15) is 0 Å². The third-order valence-electron chi connectivity index (χ3n) is 3.98. The summed E-state index contributed by atoms with van der Waals surface area (Å²) in [5.41, 5.74) is 9.01. The van der Waals surface area contributed by atoms with Crippen molar-refractivity contribution in [1.82, 2.24) is 15.1 Å². The van der Waals surface area contributed by atoms with Crippen molar-refractivity contribution in [3.8, 4) is 11.4 Å². The highest BCUT2D eigenvalue weighted by molar-refractivity contribution is 5.57. The molecule has 2 N–H and O–H groups in total. The number of pyridine rings is 1. The van der Waals surface area contributed by atoms with E-state index in [2.05, 4.69) is 60.2 Å². The monoisotopic (exact) mass is 322 g/mol. The first kappa shape index (κ1) is 16.2. The molecule has 1 aromatic carbocycles. The number of nitrogen functional groups attached to an aromatic ring is 1. The minimum atomic E-state index is 0.0403. The second-order valence-electron chi connectivity index (χ2n) is 6.49. The van der Waals surface area contributed by atoms with Gasteiger partial charge in [-0.3, -0.25) is 0 Å². The van der Waals surface area contributed by atoms with Crippen LogP contribution >= 0.6 is 0 Å². The van der Waals surface area contributed by atoms with E-state index in [1.807, 2.05) is 6.07 Å². The van der Waals surface area contributed by atoms with Crippen LogP contribution in [0.1, 0.15) is 43.7 Å². The molecule has 0 bridgehead atoms. The van der Waals surface area contributed by atoms with Gasteiger partial charge in [-0.1, -0.05) is 43.3 Å². The predicted octanol–water partition coefficient (Wildman–Crippen LogP) is 4.06. The van der Waals surface area contributed by atoms with Gasteiger partial charge in [0.1, 0.15) is 5.82 Å². The van der Waals surface area contributed by atoms with Gasteiger partial charge >= 0.3 is 0 Å². The van der Waals surface area contributed by atoms with E-state index in [-0.39, 0.29) is 5.92 Å². The van der Waals surface area contributed by atoms with E-state index in [4.69, 9.17) is 10.3 Å². The molecule has 3 aromatic rings. The number of hydrogen-bond donors (Lipinski definition) is 1. The van der Waals surface area contributed by atoms with Crippen molar-refractivity contribution in [2.24, 2.45) is 5.92 Å². The topological polar surface area (TPSA) is 77.8 Å². The van der Waals surface area contributed by atoms with Crippen molar-refractivity contribution in [2.45, 2.75) is 33.1 Å². The van der Waals surface area contributed by atoms with Crippen LogP contribution in [-0.2, 0) is 6.42 Å². The molecule has 5 nitrogen and oxygen atoms in total. The Bertz CT molecular complexity index is 808. The summed E-state index contributed by atoms with van der Waals surface area (Å²) >= 11 is 0. The van der Waals surface area contributed by atoms with Gasteiger partial charge in [-0.15, -0.1) is 0 Å². The van der Waals surface area contributed by atoms with Crippen LogP contribution in [0.3, 0.4) is 0 Å². The Morgan fingerprint density at radius 2 is 1.83 bits per heavy atom. The first-order valence-electron chi connectivity index (χ1n) is 8.17. The number of nitrogens with zero attached hydrogens (tertiary/aromatic N) is 3. The van der Waals surface area contributed by atoms with E-state index in [0.29, 0.717) is 23.5 Å². The fourth-order valence-electron chi connectivity index (χ4n) is 2.67. The zero-order valence-corrected chi connectivity index (χ0v) is 14.2. The standard InChI is InChI=1S/C19H22N4O/c1-12(2)10-14-4-6-15(7-5-14)13(3)19-22-18(23-24-19)16-8-9-21-17(20)11-16/h4-9,11-13H,10H2,1-3H3,(H2,20,21). The molecule has 0 aliphatic carbocycles. The minimum Gasteiger partial charge on any atom is -0.384 e.